The van der Waals surface area contributed by atoms with Crippen LogP contribution in [0.25, 0.3) is 0 Å². The number of amides is 3. The lowest BCUT2D eigenvalue weighted by Crippen LogP contribution is -2.53. The largest absolute Gasteiger partial charge is 0.481 e. The topological polar surface area (TPSA) is 125 Å². The fraction of sp³-hybridized carbons (Fsp3) is 0.524. The number of aliphatic carboxylic acids is 1. The number of likely N-dealkylation sites (tertiary alicyclic amines) is 1. The maximum atomic E-state index is 13.5. The third kappa shape index (κ3) is 2.61. The highest BCUT2D eigenvalue weighted by Gasteiger charge is 2.70. The van der Waals surface area contributed by atoms with Gasteiger partial charge in [-0.25, -0.2) is 0 Å². The lowest BCUT2D eigenvalue weighted by atomic mass is 9.76. The third-order valence-electron chi connectivity index (χ3n) is 6.79. The molecule has 4 aliphatic heterocycles. The molecule has 4 heterocycles. The molecule has 0 aliphatic carbocycles. The number of para-hydroxylation sites is 1. The molecule has 0 bridgehead atoms. The molecule has 5 unspecified atom stereocenters. The van der Waals surface area contributed by atoms with Gasteiger partial charge in [0.15, 0.2) is 0 Å². The highest BCUT2D eigenvalue weighted by Crippen LogP contribution is 2.53. The van der Waals surface area contributed by atoms with Gasteiger partial charge in [0.25, 0.3) is 0 Å². The molecule has 9 nitrogen and oxygen atoms in total. The van der Waals surface area contributed by atoms with Crippen molar-refractivity contribution in [1.29, 1.82) is 0 Å². The quantitative estimate of drug-likeness (QED) is 0.599. The molecule has 158 valence electrons. The van der Waals surface area contributed by atoms with Crippen molar-refractivity contribution in [2.75, 3.05) is 18.5 Å². The molecule has 0 saturated carbocycles. The number of carboxylic acids is 1. The number of fused-ring (bicyclic) bond motifs is 4. The van der Waals surface area contributed by atoms with Gasteiger partial charge in [-0.2, -0.15) is 0 Å². The maximum absolute atomic E-state index is 13.5. The summed E-state index contributed by atoms with van der Waals surface area (Å²) in [5.74, 6) is -3.80. The molecule has 5 rings (SSSR count). The van der Waals surface area contributed by atoms with Crippen molar-refractivity contribution >= 4 is 29.4 Å². The van der Waals surface area contributed by atoms with Crippen LogP contribution in [-0.4, -0.2) is 59.0 Å². The molecule has 4 aliphatic rings. The Bertz CT molecular complexity index is 942. The fourth-order valence-corrected chi connectivity index (χ4v) is 5.52. The van der Waals surface area contributed by atoms with Crippen molar-refractivity contribution < 1.29 is 29.0 Å². The number of ether oxygens (including phenoxy) is 1. The molecule has 0 aromatic heterocycles. The summed E-state index contributed by atoms with van der Waals surface area (Å²) in [5, 5.41) is 15.2. The Morgan fingerprint density at radius 2 is 2.03 bits per heavy atom. The molecule has 5 atom stereocenters. The Morgan fingerprint density at radius 3 is 2.77 bits per heavy atom. The standard InChI is InChI=1S/C21H23N3O6/c25-15(26)8-7-14-16-17(19(28)24(18(16)27)10-11-4-3-9-30-11)21(23-14)12-5-1-2-6-13(12)22-20(21)29/h1-2,5-6,11,14,16-17,23H,3-4,7-10H2,(H,22,29)(H,25,26). The minimum atomic E-state index is -1.37. The minimum Gasteiger partial charge on any atom is -0.481 e. The molecule has 0 radical (unpaired) electrons. The summed E-state index contributed by atoms with van der Waals surface area (Å²) >= 11 is 0. The molecule has 1 spiro atoms. The number of carbonyl (C=O) groups excluding carboxylic acids is 3. The summed E-state index contributed by atoms with van der Waals surface area (Å²) in [6.45, 7) is 0.784. The van der Waals surface area contributed by atoms with Gasteiger partial charge in [0.1, 0.15) is 5.54 Å². The van der Waals surface area contributed by atoms with E-state index in [1.54, 1.807) is 24.3 Å². The van der Waals surface area contributed by atoms with Crippen LogP contribution in [0.15, 0.2) is 24.3 Å². The smallest absolute Gasteiger partial charge is 0.303 e. The second-order valence-corrected chi connectivity index (χ2v) is 8.42. The van der Waals surface area contributed by atoms with Gasteiger partial charge in [0.2, 0.25) is 17.7 Å². The normalized spacial score (nSPS) is 34.5. The fourth-order valence-electron chi connectivity index (χ4n) is 5.52. The van der Waals surface area contributed by atoms with Crippen LogP contribution in [0.5, 0.6) is 0 Å². The van der Waals surface area contributed by atoms with Gasteiger partial charge >= 0.3 is 5.97 Å². The number of nitrogens with one attached hydrogen (secondary N) is 2. The average Bonchev–Trinajstić information content (AvgIpc) is 3.46. The number of rotatable bonds is 5. The van der Waals surface area contributed by atoms with Crippen molar-refractivity contribution in [3.63, 3.8) is 0 Å². The van der Waals surface area contributed by atoms with Gasteiger partial charge < -0.3 is 15.2 Å². The summed E-state index contributed by atoms with van der Waals surface area (Å²) < 4.78 is 5.62. The van der Waals surface area contributed by atoms with Crippen molar-refractivity contribution in [3.8, 4) is 0 Å². The molecule has 3 saturated heterocycles. The van der Waals surface area contributed by atoms with Crippen LogP contribution in [0, 0.1) is 11.8 Å². The number of nitrogens with zero attached hydrogens (tertiary/aromatic N) is 1. The molecule has 1 aromatic rings. The van der Waals surface area contributed by atoms with E-state index in [1.165, 1.54) is 4.90 Å². The van der Waals surface area contributed by atoms with Gasteiger partial charge in [-0.05, 0) is 25.3 Å². The van der Waals surface area contributed by atoms with E-state index in [4.69, 9.17) is 9.84 Å². The van der Waals surface area contributed by atoms with Crippen LogP contribution in [0.4, 0.5) is 5.69 Å². The van der Waals surface area contributed by atoms with E-state index in [-0.39, 0.29) is 37.3 Å². The molecule has 3 N–H and O–H groups in total. The summed E-state index contributed by atoms with van der Waals surface area (Å²) in [6.07, 6.45) is 1.47. The zero-order chi connectivity index (χ0) is 21.0. The summed E-state index contributed by atoms with van der Waals surface area (Å²) in [6, 6.07) is 6.52. The number of hydrogen-bond acceptors (Lipinski definition) is 6. The van der Waals surface area contributed by atoms with E-state index < -0.39 is 35.3 Å². The van der Waals surface area contributed by atoms with Gasteiger partial charge in [-0.3, -0.25) is 29.4 Å². The van der Waals surface area contributed by atoms with E-state index in [1.807, 2.05) is 0 Å². The van der Waals surface area contributed by atoms with Crippen LogP contribution in [0.1, 0.15) is 31.2 Å². The number of carboxylic acid groups (broad SMARTS) is 1. The first-order valence-electron chi connectivity index (χ1n) is 10.3. The molecule has 30 heavy (non-hydrogen) atoms. The minimum absolute atomic E-state index is 0.153. The highest BCUT2D eigenvalue weighted by molar-refractivity contribution is 6.15. The van der Waals surface area contributed by atoms with Crippen LogP contribution in [0.2, 0.25) is 0 Å². The number of benzene rings is 1. The van der Waals surface area contributed by atoms with E-state index in [0.717, 1.165) is 12.8 Å². The molecular weight excluding hydrogens is 390 g/mol. The zero-order valence-electron chi connectivity index (χ0n) is 16.3. The van der Waals surface area contributed by atoms with Crippen LogP contribution in [-0.2, 0) is 29.5 Å². The van der Waals surface area contributed by atoms with Crippen molar-refractivity contribution in [2.24, 2.45) is 11.8 Å². The van der Waals surface area contributed by atoms with Crippen molar-refractivity contribution in [3.05, 3.63) is 29.8 Å². The Morgan fingerprint density at radius 1 is 1.23 bits per heavy atom. The SMILES string of the molecule is O=C(O)CCC1NC2(C(=O)Nc3ccccc32)C2C(=O)N(CC3CCCO3)C(=O)C12. The zero-order valence-corrected chi connectivity index (χ0v) is 16.3. The predicted octanol–water partition coefficient (Wildman–Crippen LogP) is 0.451. The first-order chi connectivity index (χ1) is 14.4. The Balaban J connectivity index is 1.55. The Hall–Kier alpha value is -2.78. The first-order valence-corrected chi connectivity index (χ1v) is 10.3. The molecule has 9 heteroatoms. The van der Waals surface area contributed by atoms with E-state index in [2.05, 4.69) is 10.6 Å². The monoisotopic (exact) mass is 413 g/mol. The van der Waals surface area contributed by atoms with E-state index in [9.17, 15) is 19.2 Å². The van der Waals surface area contributed by atoms with E-state index >= 15 is 0 Å². The molecule has 3 fully saturated rings. The highest BCUT2D eigenvalue weighted by atomic mass is 16.5. The lowest BCUT2D eigenvalue weighted by Gasteiger charge is -2.30. The number of hydrogen-bond donors (Lipinski definition) is 3. The van der Waals surface area contributed by atoms with Crippen molar-refractivity contribution in [2.45, 2.75) is 43.4 Å². The van der Waals surface area contributed by atoms with E-state index in [0.29, 0.717) is 17.9 Å². The third-order valence-corrected chi connectivity index (χ3v) is 6.79. The van der Waals surface area contributed by atoms with Gasteiger partial charge in [0, 0.05) is 30.3 Å². The maximum Gasteiger partial charge on any atom is 0.303 e. The van der Waals surface area contributed by atoms with Gasteiger partial charge in [-0.15, -0.1) is 0 Å². The van der Waals surface area contributed by atoms with Gasteiger partial charge in [-0.1, -0.05) is 18.2 Å². The Kier molecular flexibility index (Phi) is 4.41. The summed E-state index contributed by atoms with van der Waals surface area (Å²) in [7, 11) is 0. The second kappa shape index (κ2) is 6.88. The summed E-state index contributed by atoms with van der Waals surface area (Å²) in [4.78, 5) is 52.4. The van der Waals surface area contributed by atoms with Crippen LogP contribution < -0.4 is 10.6 Å². The number of carbonyl (C=O) groups is 4. The first kappa shape index (κ1) is 19.2. The molecule has 3 amide bonds. The number of imide groups is 1. The Labute approximate surface area is 172 Å². The number of anilines is 1. The molecular formula is C21H23N3O6. The average molecular weight is 413 g/mol. The summed E-state index contributed by atoms with van der Waals surface area (Å²) in [5.41, 5.74) is -0.143. The predicted molar refractivity (Wildman–Crippen MR) is 103 cm³/mol. The van der Waals surface area contributed by atoms with Crippen LogP contribution >= 0.6 is 0 Å². The lowest BCUT2D eigenvalue weighted by molar-refractivity contribution is -0.144. The molecule has 1 aromatic carbocycles. The van der Waals surface area contributed by atoms with Crippen molar-refractivity contribution in [1.82, 2.24) is 10.2 Å². The second-order valence-electron chi connectivity index (χ2n) is 8.42. The van der Waals surface area contributed by atoms with Crippen LogP contribution in [0.3, 0.4) is 0 Å². The van der Waals surface area contributed by atoms with Gasteiger partial charge in [0.05, 0.1) is 24.5 Å².